The highest BCUT2D eigenvalue weighted by molar-refractivity contribution is 7.22. The van der Waals surface area contributed by atoms with E-state index in [0.717, 1.165) is 24.0 Å². The number of carbonyl (C=O) groups excluding carboxylic acids is 2. The lowest BCUT2D eigenvalue weighted by Crippen LogP contribution is -2.29. The number of ether oxygens (including phenoxy) is 2. The molecular formula is C31H29ClN2O5S. The zero-order valence-corrected chi connectivity index (χ0v) is 23.8. The van der Waals surface area contributed by atoms with Crippen LogP contribution >= 0.6 is 22.9 Å². The van der Waals surface area contributed by atoms with Crippen LogP contribution in [0.15, 0.2) is 72.3 Å². The number of rotatable bonds is 10. The summed E-state index contributed by atoms with van der Waals surface area (Å²) in [5.41, 5.74) is 1.66. The summed E-state index contributed by atoms with van der Waals surface area (Å²) in [7, 11) is 0. The molecule has 1 fully saturated rings. The lowest BCUT2D eigenvalue weighted by atomic mass is 9.95. The third kappa shape index (κ3) is 5.55. The van der Waals surface area contributed by atoms with Crippen molar-refractivity contribution in [2.75, 3.05) is 18.1 Å². The van der Waals surface area contributed by atoms with Crippen LogP contribution in [0.5, 0.6) is 11.5 Å². The number of hydrogen-bond acceptors (Lipinski definition) is 7. The number of nitrogens with zero attached hydrogens (tertiary/aromatic N) is 2. The number of fused-ring (bicyclic) bond motifs is 1. The van der Waals surface area contributed by atoms with Gasteiger partial charge in [0, 0.05) is 10.6 Å². The topological polar surface area (TPSA) is 89.0 Å². The third-order valence-electron chi connectivity index (χ3n) is 6.53. The van der Waals surface area contributed by atoms with Crippen LogP contribution in [0, 0.1) is 0 Å². The lowest BCUT2D eigenvalue weighted by molar-refractivity contribution is -0.132. The number of benzene rings is 3. The number of carbonyl (C=O) groups is 2. The Labute approximate surface area is 241 Å². The minimum Gasteiger partial charge on any atom is -0.507 e. The van der Waals surface area contributed by atoms with Gasteiger partial charge < -0.3 is 14.6 Å². The molecular weight excluding hydrogens is 548 g/mol. The molecule has 5 rings (SSSR count). The second-order valence-corrected chi connectivity index (χ2v) is 10.9. The zero-order chi connectivity index (χ0) is 28.2. The van der Waals surface area contributed by atoms with Gasteiger partial charge in [0.15, 0.2) is 5.13 Å². The van der Waals surface area contributed by atoms with Crippen molar-refractivity contribution in [2.24, 2.45) is 0 Å². The van der Waals surface area contributed by atoms with E-state index in [1.54, 1.807) is 42.5 Å². The van der Waals surface area contributed by atoms with E-state index in [1.165, 1.54) is 16.2 Å². The number of ketones is 1. The number of hydrogen-bond donors (Lipinski definition) is 1. The van der Waals surface area contributed by atoms with Crippen molar-refractivity contribution >= 4 is 55.7 Å². The quantitative estimate of drug-likeness (QED) is 0.0907. The molecule has 1 unspecified atom stereocenters. The predicted octanol–water partition coefficient (Wildman–Crippen LogP) is 7.54. The first-order chi connectivity index (χ1) is 19.4. The maximum Gasteiger partial charge on any atom is 0.301 e. The Morgan fingerprint density at radius 3 is 2.50 bits per heavy atom. The van der Waals surface area contributed by atoms with E-state index in [4.69, 9.17) is 21.1 Å². The van der Waals surface area contributed by atoms with Gasteiger partial charge in [0.05, 0.1) is 35.0 Å². The Bertz CT molecular complexity index is 1580. The summed E-state index contributed by atoms with van der Waals surface area (Å²) < 4.78 is 12.3. The van der Waals surface area contributed by atoms with Crippen molar-refractivity contribution in [3.05, 3.63) is 88.5 Å². The standard InChI is InChI=1S/C31H29ClN2O5S/c1-3-5-16-39-22-12-9-19(10-13-22)27-26(28(35)20-7-6-8-23(17-20)38-15-4-2)29(36)30(37)34(27)31-33-24-14-11-21(32)18-25(24)40-31/h6-14,17-18,27,35H,3-5,15-16H2,1-2H3/b28-26+. The molecule has 7 nitrogen and oxygen atoms in total. The van der Waals surface area contributed by atoms with E-state index in [0.29, 0.717) is 51.5 Å². The van der Waals surface area contributed by atoms with Gasteiger partial charge in [-0.25, -0.2) is 4.98 Å². The van der Waals surface area contributed by atoms with E-state index in [9.17, 15) is 14.7 Å². The molecule has 9 heteroatoms. The summed E-state index contributed by atoms with van der Waals surface area (Å²) in [6.45, 7) is 5.21. The average molecular weight is 577 g/mol. The van der Waals surface area contributed by atoms with Gasteiger partial charge in [-0.2, -0.15) is 0 Å². The molecule has 40 heavy (non-hydrogen) atoms. The molecule has 1 aromatic heterocycles. The number of unbranched alkanes of at least 4 members (excludes halogenated alkanes) is 1. The van der Waals surface area contributed by atoms with Crippen molar-refractivity contribution in [2.45, 2.75) is 39.2 Å². The van der Waals surface area contributed by atoms with Gasteiger partial charge in [-0.1, -0.05) is 67.5 Å². The lowest BCUT2D eigenvalue weighted by Gasteiger charge is -2.23. The molecule has 1 amide bonds. The maximum atomic E-state index is 13.6. The van der Waals surface area contributed by atoms with Gasteiger partial charge in [-0.3, -0.25) is 14.5 Å². The average Bonchev–Trinajstić information content (AvgIpc) is 3.49. The summed E-state index contributed by atoms with van der Waals surface area (Å²) in [6, 6.07) is 18.5. The van der Waals surface area contributed by atoms with Gasteiger partial charge in [0.25, 0.3) is 5.78 Å². The van der Waals surface area contributed by atoms with Crippen LogP contribution in [0.2, 0.25) is 5.02 Å². The Morgan fingerprint density at radius 2 is 1.75 bits per heavy atom. The Hall–Kier alpha value is -3.88. The van der Waals surface area contributed by atoms with Gasteiger partial charge in [-0.05, 0) is 60.9 Å². The minimum atomic E-state index is -0.902. The Kier molecular flexibility index (Phi) is 8.38. The first kappa shape index (κ1) is 27.7. The Morgan fingerprint density at radius 1 is 0.975 bits per heavy atom. The largest absolute Gasteiger partial charge is 0.507 e. The Balaban J connectivity index is 1.62. The van der Waals surface area contributed by atoms with E-state index in [2.05, 4.69) is 11.9 Å². The van der Waals surface area contributed by atoms with Gasteiger partial charge in [0.1, 0.15) is 17.3 Å². The number of Topliss-reactive ketones (excluding diaryl/α,β-unsaturated/α-hetero) is 1. The molecule has 3 aromatic carbocycles. The van der Waals surface area contributed by atoms with Crippen LogP contribution in [0.4, 0.5) is 5.13 Å². The minimum absolute atomic E-state index is 0.0189. The van der Waals surface area contributed by atoms with Crippen LogP contribution in [0.25, 0.3) is 16.0 Å². The number of halogens is 1. The van der Waals surface area contributed by atoms with Crippen LogP contribution in [0.3, 0.4) is 0 Å². The van der Waals surface area contributed by atoms with Gasteiger partial charge >= 0.3 is 5.91 Å². The van der Waals surface area contributed by atoms with Crippen molar-refractivity contribution < 1.29 is 24.2 Å². The molecule has 2 heterocycles. The van der Waals surface area contributed by atoms with Crippen molar-refractivity contribution in [3.63, 3.8) is 0 Å². The molecule has 4 aromatic rings. The first-order valence-corrected chi connectivity index (χ1v) is 14.4. The first-order valence-electron chi connectivity index (χ1n) is 13.2. The fourth-order valence-corrected chi connectivity index (χ4v) is 5.79. The molecule has 0 saturated carbocycles. The van der Waals surface area contributed by atoms with Gasteiger partial charge in [0.2, 0.25) is 0 Å². The van der Waals surface area contributed by atoms with E-state index in [-0.39, 0.29) is 11.3 Å². The van der Waals surface area contributed by atoms with Crippen molar-refractivity contribution in [1.82, 2.24) is 4.98 Å². The summed E-state index contributed by atoms with van der Waals surface area (Å²) in [4.78, 5) is 33.1. The molecule has 1 atom stereocenters. The number of aromatic nitrogens is 1. The van der Waals surface area contributed by atoms with Crippen LogP contribution in [-0.4, -0.2) is 35.0 Å². The molecule has 0 radical (unpaired) electrons. The summed E-state index contributed by atoms with van der Waals surface area (Å²) >= 11 is 7.44. The van der Waals surface area contributed by atoms with Crippen LogP contribution < -0.4 is 14.4 Å². The SMILES string of the molecule is CCCCOc1ccc(C2/C(=C(\O)c3cccc(OCCC)c3)C(=O)C(=O)N2c2nc3ccc(Cl)cc3s2)cc1. The van der Waals surface area contributed by atoms with Crippen molar-refractivity contribution in [1.29, 1.82) is 0 Å². The highest BCUT2D eigenvalue weighted by atomic mass is 35.5. The second kappa shape index (κ2) is 12.1. The predicted molar refractivity (Wildman–Crippen MR) is 158 cm³/mol. The zero-order valence-electron chi connectivity index (χ0n) is 22.2. The van der Waals surface area contributed by atoms with Gasteiger partial charge in [-0.15, -0.1) is 0 Å². The van der Waals surface area contributed by atoms with E-state index < -0.39 is 17.7 Å². The molecule has 1 aliphatic heterocycles. The number of thiazole rings is 1. The van der Waals surface area contributed by atoms with E-state index >= 15 is 0 Å². The van der Waals surface area contributed by atoms with Crippen LogP contribution in [-0.2, 0) is 9.59 Å². The number of amides is 1. The third-order valence-corrected chi connectivity index (χ3v) is 7.79. The number of anilines is 1. The fourth-order valence-electron chi connectivity index (χ4n) is 4.52. The summed E-state index contributed by atoms with van der Waals surface area (Å²) in [5, 5.41) is 12.4. The fraction of sp³-hybridized carbons (Fsp3) is 0.258. The van der Waals surface area contributed by atoms with Crippen LogP contribution in [0.1, 0.15) is 50.3 Å². The highest BCUT2D eigenvalue weighted by Crippen LogP contribution is 2.45. The molecule has 206 valence electrons. The normalized spacial score (nSPS) is 16.6. The monoisotopic (exact) mass is 576 g/mol. The molecule has 1 saturated heterocycles. The summed E-state index contributed by atoms with van der Waals surface area (Å²) in [5.74, 6) is -0.584. The number of aliphatic hydroxyl groups is 1. The molecule has 0 bridgehead atoms. The van der Waals surface area contributed by atoms with E-state index in [1.807, 2.05) is 31.2 Å². The molecule has 1 N–H and O–H groups in total. The summed E-state index contributed by atoms with van der Waals surface area (Å²) in [6.07, 6.45) is 2.78. The molecule has 0 aliphatic carbocycles. The number of aliphatic hydroxyl groups excluding tert-OH is 1. The maximum absolute atomic E-state index is 13.6. The highest BCUT2D eigenvalue weighted by Gasteiger charge is 2.48. The molecule has 1 aliphatic rings. The second-order valence-electron chi connectivity index (χ2n) is 9.42. The van der Waals surface area contributed by atoms with Crippen molar-refractivity contribution in [3.8, 4) is 11.5 Å². The molecule has 0 spiro atoms. The smallest absolute Gasteiger partial charge is 0.301 e.